The van der Waals surface area contributed by atoms with Gasteiger partial charge in [-0.2, -0.15) is 5.26 Å². The number of hydrogen-bond acceptors (Lipinski definition) is 2. The molecule has 0 aromatic carbocycles. The molecule has 1 amide bonds. The summed E-state index contributed by atoms with van der Waals surface area (Å²) in [7, 11) is 0. The first kappa shape index (κ1) is 9.96. The molecule has 0 aliphatic carbocycles. The highest BCUT2D eigenvalue weighted by molar-refractivity contribution is 5.75. The molecule has 1 atom stereocenters. The Balaban J connectivity index is 3.39. The maximum Gasteiger partial charge on any atom is 0.220 e. The monoisotopic (exact) mass is 154 g/mol. The molecule has 0 bridgehead atoms. The third kappa shape index (κ3) is 5.41. The number of amides is 1. The zero-order chi connectivity index (χ0) is 8.69. The number of nitrogens with one attached hydrogen (secondary N) is 1. The van der Waals surface area contributed by atoms with Crippen LogP contribution in [0.5, 0.6) is 0 Å². The van der Waals surface area contributed by atoms with Gasteiger partial charge in [0.25, 0.3) is 0 Å². The number of hydrogen-bond donors (Lipinski definition) is 1. The van der Waals surface area contributed by atoms with Gasteiger partial charge in [-0.3, -0.25) is 4.79 Å². The minimum Gasteiger partial charge on any atom is -0.355 e. The van der Waals surface area contributed by atoms with Gasteiger partial charge in [0.15, 0.2) is 0 Å². The molecule has 3 nitrogen and oxygen atoms in total. The SMILES string of the molecule is CCCC(=O)NCC(C)C#N. The maximum atomic E-state index is 10.8. The first-order chi connectivity index (χ1) is 5.20. The number of carbonyl (C=O) groups is 1. The Morgan fingerprint density at radius 1 is 1.73 bits per heavy atom. The van der Waals surface area contributed by atoms with E-state index in [1.54, 1.807) is 6.92 Å². The molecule has 0 saturated heterocycles. The van der Waals surface area contributed by atoms with E-state index < -0.39 is 0 Å². The van der Waals surface area contributed by atoms with Crippen LogP contribution in [0.25, 0.3) is 0 Å². The summed E-state index contributed by atoms with van der Waals surface area (Å²) in [6.45, 7) is 4.20. The molecular formula is C8H14N2O. The Hall–Kier alpha value is -1.04. The molecule has 1 unspecified atom stereocenters. The van der Waals surface area contributed by atoms with E-state index in [0.29, 0.717) is 13.0 Å². The predicted molar refractivity (Wildman–Crippen MR) is 42.7 cm³/mol. The van der Waals surface area contributed by atoms with E-state index in [9.17, 15) is 4.79 Å². The fourth-order valence-corrected chi connectivity index (χ4v) is 0.628. The van der Waals surface area contributed by atoms with Gasteiger partial charge < -0.3 is 5.32 Å². The van der Waals surface area contributed by atoms with Crippen molar-refractivity contribution in [3.8, 4) is 6.07 Å². The van der Waals surface area contributed by atoms with Crippen molar-refractivity contribution < 1.29 is 4.79 Å². The third-order valence-electron chi connectivity index (χ3n) is 1.30. The second-order valence-electron chi connectivity index (χ2n) is 2.58. The summed E-state index contributed by atoms with van der Waals surface area (Å²) >= 11 is 0. The minimum absolute atomic E-state index is 0.0367. The van der Waals surface area contributed by atoms with Crippen molar-refractivity contribution >= 4 is 5.91 Å². The van der Waals surface area contributed by atoms with Crippen LogP contribution in [0.3, 0.4) is 0 Å². The fourth-order valence-electron chi connectivity index (χ4n) is 0.628. The fraction of sp³-hybridized carbons (Fsp3) is 0.750. The molecule has 1 N–H and O–H groups in total. The summed E-state index contributed by atoms with van der Waals surface area (Å²) in [5.41, 5.74) is 0. The van der Waals surface area contributed by atoms with E-state index in [2.05, 4.69) is 5.32 Å². The van der Waals surface area contributed by atoms with Crippen molar-refractivity contribution in [1.82, 2.24) is 5.32 Å². The lowest BCUT2D eigenvalue weighted by atomic mass is 10.2. The molecular weight excluding hydrogens is 140 g/mol. The molecule has 0 saturated carbocycles. The highest BCUT2D eigenvalue weighted by Crippen LogP contribution is 1.90. The smallest absolute Gasteiger partial charge is 0.220 e. The molecule has 0 aromatic heterocycles. The molecule has 0 aliphatic rings. The van der Waals surface area contributed by atoms with Gasteiger partial charge in [0.1, 0.15) is 0 Å². The highest BCUT2D eigenvalue weighted by Gasteiger charge is 2.01. The normalized spacial score (nSPS) is 11.7. The van der Waals surface area contributed by atoms with Crippen molar-refractivity contribution in [3.05, 3.63) is 0 Å². The maximum absolute atomic E-state index is 10.8. The molecule has 0 heterocycles. The Kier molecular flexibility index (Phi) is 5.18. The minimum atomic E-state index is -0.0872. The number of rotatable bonds is 4. The van der Waals surface area contributed by atoms with Gasteiger partial charge >= 0.3 is 0 Å². The van der Waals surface area contributed by atoms with Gasteiger partial charge in [-0.15, -0.1) is 0 Å². The molecule has 62 valence electrons. The zero-order valence-electron chi connectivity index (χ0n) is 7.05. The van der Waals surface area contributed by atoms with E-state index in [1.165, 1.54) is 0 Å². The summed E-state index contributed by atoms with van der Waals surface area (Å²) in [5.74, 6) is -0.0505. The average Bonchev–Trinajstić information content (AvgIpc) is 2.01. The Labute approximate surface area is 67.4 Å². The number of nitriles is 1. The zero-order valence-corrected chi connectivity index (χ0v) is 7.05. The molecule has 0 aromatic rings. The lowest BCUT2D eigenvalue weighted by molar-refractivity contribution is -0.121. The van der Waals surface area contributed by atoms with E-state index in [0.717, 1.165) is 6.42 Å². The second-order valence-corrected chi connectivity index (χ2v) is 2.58. The van der Waals surface area contributed by atoms with Gasteiger partial charge in [0, 0.05) is 13.0 Å². The van der Waals surface area contributed by atoms with Crippen LogP contribution >= 0.6 is 0 Å². The highest BCUT2D eigenvalue weighted by atomic mass is 16.1. The molecule has 0 radical (unpaired) electrons. The van der Waals surface area contributed by atoms with Gasteiger partial charge in [-0.05, 0) is 13.3 Å². The van der Waals surface area contributed by atoms with Crippen LogP contribution in [0.2, 0.25) is 0 Å². The number of nitrogens with zero attached hydrogens (tertiary/aromatic N) is 1. The molecule has 0 spiro atoms. The largest absolute Gasteiger partial charge is 0.355 e. The van der Waals surface area contributed by atoms with Gasteiger partial charge in [0.2, 0.25) is 5.91 Å². The van der Waals surface area contributed by atoms with Crippen LogP contribution in [-0.4, -0.2) is 12.5 Å². The van der Waals surface area contributed by atoms with Crippen molar-refractivity contribution in [1.29, 1.82) is 5.26 Å². The van der Waals surface area contributed by atoms with Crippen LogP contribution < -0.4 is 5.32 Å². The molecule has 3 heteroatoms. The molecule has 0 fully saturated rings. The van der Waals surface area contributed by atoms with E-state index >= 15 is 0 Å². The van der Waals surface area contributed by atoms with E-state index in [4.69, 9.17) is 5.26 Å². The van der Waals surface area contributed by atoms with Crippen LogP contribution in [0.15, 0.2) is 0 Å². The summed E-state index contributed by atoms with van der Waals surface area (Å²) in [6.07, 6.45) is 1.41. The first-order valence-electron chi connectivity index (χ1n) is 3.87. The van der Waals surface area contributed by atoms with Gasteiger partial charge in [0.05, 0.1) is 12.0 Å². The standard InChI is InChI=1S/C8H14N2O/c1-3-4-8(11)10-6-7(2)5-9/h7H,3-4,6H2,1-2H3,(H,10,11). The number of carbonyl (C=O) groups excluding carboxylic acids is 1. The third-order valence-corrected chi connectivity index (χ3v) is 1.30. The summed E-state index contributed by atoms with van der Waals surface area (Å²) in [4.78, 5) is 10.8. The van der Waals surface area contributed by atoms with E-state index in [1.807, 2.05) is 13.0 Å². The summed E-state index contributed by atoms with van der Waals surface area (Å²) in [6, 6.07) is 2.05. The quantitative estimate of drug-likeness (QED) is 0.658. The summed E-state index contributed by atoms with van der Waals surface area (Å²) < 4.78 is 0. The first-order valence-corrected chi connectivity index (χ1v) is 3.87. The Bertz CT molecular complexity index is 160. The lowest BCUT2D eigenvalue weighted by Gasteiger charge is -2.03. The van der Waals surface area contributed by atoms with Crippen molar-refractivity contribution in [3.63, 3.8) is 0 Å². The second kappa shape index (κ2) is 5.72. The van der Waals surface area contributed by atoms with E-state index in [-0.39, 0.29) is 11.8 Å². The summed E-state index contributed by atoms with van der Waals surface area (Å²) in [5, 5.41) is 11.0. The van der Waals surface area contributed by atoms with Crippen LogP contribution in [0, 0.1) is 17.2 Å². The van der Waals surface area contributed by atoms with Gasteiger partial charge in [-0.1, -0.05) is 6.92 Å². The van der Waals surface area contributed by atoms with Crippen LogP contribution in [-0.2, 0) is 4.79 Å². The van der Waals surface area contributed by atoms with Crippen LogP contribution in [0.1, 0.15) is 26.7 Å². The average molecular weight is 154 g/mol. The Morgan fingerprint density at radius 3 is 2.82 bits per heavy atom. The van der Waals surface area contributed by atoms with Crippen molar-refractivity contribution in [2.75, 3.05) is 6.54 Å². The Morgan fingerprint density at radius 2 is 2.36 bits per heavy atom. The van der Waals surface area contributed by atoms with Gasteiger partial charge in [-0.25, -0.2) is 0 Å². The molecule has 0 aliphatic heterocycles. The van der Waals surface area contributed by atoms with Crippen LogP contribution in [0.4, 0.5) is 0 Å². The van der Waals surface area contributed by atoms with Crippen molar-refractivity contribution in [2.24, 2.45) is 5.92 Å². The molecule has 0 rings (SSSR count). The molecule has 11 heavy (non-hydrogen) atoms. The predicted octanol–water partition coefficient (Wildman–Crippen LogP) is 1.06. The van der Waals surface area contributed by atoms with Crippen molar-refractivity contribution in [2.45, 2.75) is 26.7 Å². The topological polar surface area (TPSA) is 52.9 Å². The lowest BCUT2D eigenvalue weighted by Crippen LogP contribution is -2.27.